The van der Waals surface area contributed by atoms with Crippen LogP contribution in [0.3, 0.4) is 0 Å². The van der Waals surface area contributed by atoms with Gasteiger partial charge in [0.25, 0.3) is 0 Å². The van der Waals surface area contributed by atoms with Gasteiger partial charge in [0, 0.05) is 11.8 Å². The first-order chi connectivity index (χ1) is 15.4. The third-order valence-electron chi connectivity index (χ3n) is 4.98. The predicted molar refractivity (Wildman–Crippen MR) is 125 cm³/mol. The Morgan fingerprint density at radius 2 is 1.97 bits per heavy atom. The molecule has 2 aliphatic heterocycles. The second-order valence-electron chi connectivity index (χ2n) is 7.02. The molecule has 0 fully saturated rings. The molecule has 9 heteroatoms. The molecule has 2 aromatic carbocycles. The molecule has 4 rings (SSSR count). The SMILES string of the molecule is CCOC(=O)C1=C(C)N=C2SC=CN2C1c1cc(Cl)c(OCc2ccccc2F)c(Cl)c1. The number of amidine groups is 1. The van der Waals surface area contributed by atoms with Crippen LogP contribution in [0.25, 0.3) is 0 Å². The van der Waals surface area contributed by atoms with Gasteiger partial charge in [0.15, 0.2) is 10.9 Å². The maximum absolute atomic E-state index is 13.9. The molecule has 0 spiro atoms. The number of hydrogen-bond acceptors (Lipinski definition) is 6. The predicted octanol–water partition coefficient (Wildman–Crippen LogP) is 6.48. The van der Waals surface area contributed by atoms with Crippen LogP contribution in [0.4, 0.5) is 4.39 Å². The van der Waals surface area contributed by atoms with Crippen molar-refractivity contribution in [3.8, 4) is 5.75 Å². The van der Waals surface area contributed by atoms with Gasteiger partial charge in [0.1, 0.15) is 12.4 Å². The fraction of sp³-hybridized carbons (Fsp3) is 0.217. The van der Waals surface area contributed by atoms with E-state index in [9.17, 15) is 9.18 Å². The van der Waals surface area contributed by atoms with E-state index in [0.717, 1.165) is 5.17 Å². The Balaban J connectivity index is 1.69. The summed E-state index contributed by atoms with van der Waals surface area (Å²) in [6.45, 7) is 3.75. The lowest BCUT2D eigenvalue weighted by atomic mass is 9.94. The average molecular weight is 493 g/mol. The van der Waals surface area contributed by atoms with Gasteiger partial charge in [-0.2, -0.15) is 0 Å². The lowest BCUT2D eigenvalue weighted by Gasteiger charge is -2.33. The number of nitrogens with zero attached hydrogens (tertiary/aromatic N) is 2. The Morgan fingerprint density at radius 1 is 1.25 bits per heavy atom. The summed E-state index contributed by atoms with van der Waals surface area (Å²) in [5, 5.41) is 3.14. The number of aliphatic imine (C=N–C) groups is 1. The average Bonchev–Trinajstić information content (AvgIpc) is 3.21. The van der Waals surface area contributed by atoms with Crippen LogP contribution in [0.5, 0.6) is 5.75 Å². The van der Waals surface area contributed by atoms with Crippen LogP contribution < -0.4 is 4.74 Å². The molecule has 1 unspecified atom stereocenters. The van der Waals surface area contributed by atoms with E-state index in [1.54, 1.807) is 44.2 Å². The third-order valence-corrected chi connectivity index (χ3v) is 6.31. The molecule has 32 heavy (non-hydrogen) atoms. The second kappa shape index (κ2) is 9.57. The quantitative estimate of drug-likeness (QED) is 0.432. The van der Waals surface area contributed by atoms with Crippen LogP contribution >= 0.6 is 35.0 Å². The Bertz CT molecular complexity index is 1140. The molecule has 166 valence electrons. The van der Waals surface area contributed by atoms with Crippen molar-refractivity contribution < 1.29 is 18.7 Å². The van der Waals surface area contributed by atoms with Gasteiger partial charge in [-0.15, -0.1) is 0 Å². The van der Waals surface area contributed by atoms with Gasteiger partial charge in [-0.05, 0) is 43.0 Å². The molecule has 2 heterocycles. The molecule has 0 bridgehead atoms. The van der Waals surface area contributed by atoms with Gasteiger partial charge in [-0.3, -0.25) is 0 Å². The van der Waals surface area contributed by atoms with Crippen LogP contribution in [0.15, 0.2) is 64.3 Å². The molecule has 2 aliphatic rings. The molecule has 0 aliphatic carbocycles. The molecule has 0 saturated heterocycles. The lowest BCUT2D eigenvalue weighted by molar-refractivity contribution is -0.139. The van der Waals surface area contributed by atoms with Crippen molar-refractivity contribution in [2.24, 2.45) is 4.99 Å². The van der Waals surface area contributed by atoms with Gasteiger partial charge in [-0.25, -0.2) is 14.2 Å². The minimum absolute atomic E-state index is 0.0235. The highest BCUT2D eigenvalue weighted by atomic mass is 35.5. The standard InChI is InChI=1S/C23H19Cl2FN2O3S/c1-3-30-22(29)19-13(2)27-23-28(8-9-32-23)20(19)15-10-16(24)21(17(25)11-15)31-12-14-6-4-5-7-18(14)26/h4-11,20H,3,12H2,1-2H3. The fourth-order valence-corrected chi connectivity index (χ4v) is 4.94. The summed E-state index contributed by atoms with van der Waals surface area (Å²) in [5.74, 6) is -0.576. The van der Waals surface area contributed by atoms with Gasteiger partial charge < -0.3 is 14.4 Å². The Morgan fingerprint density at radius 3 is 2.66 bits per heavy atom. The summed E-state index contributed by atoms with van der Waals surface area (Å²) in [6.07, 6.45) is 1.85. The number of esters is 1. The van der Waals surface area contributed by atoms with E-state index in [1.807, 2.05) is 16.5 Å². The highest BCUT2D eigenvalue weighted by Crippen LogP contribution is 2.44. The Hall–Kier alpha value is -2.48. The Kier molecular flexibility index (Phi) is 6.79. The van der Waals surface area contributed by atoms with Crippen molar-refractivity contribution in [3.05, 3.63) is 86.3 Å². The number of hydrogen-bond donors (Lipinski definition) is 0. The number of carbonyl (C=O) groups is 1. The van der Waals surface area contributed by atoms with Crippen molar-refractivity contribution in [1.29, 1.82) is 0 Å². The number of fused-ring (bicyclic) bond motifs is 1. The molecule has 0 saturated carbocycles. The summed E-state index contributed by atoms with van der Waals surface area (Å²) in [5.41, 5.74) is 2.05. The van der Waals surface area contributed by atoms with Crippen molar-refractivity contribution in [2.75, 3.05) is 6.61 Å². The number of carbonyl (C=O) groups excluding carboxylic acids is 1. The molecule has 2 aromatic rings. The zero-order chi connectivity index (χ0) is 22.8. The molecular formula is C23H19Cl2FN2O3S. The highest BCUT2D eigenvalue weighted by molar-refractivity contribution is 8.16. The summed E-state index contributed by atoms with van der Waals surface area (Å²) in [4.78, 5) is 19.2. The van der Waals surface area contributed by atoms with Gasteiger partial charge in [0.2, 0.25) is 0 Å². The first-order valence-electron chi connectivity index (χ1n) is 9.84. The lowest BCUT2D eigenvalue weighted by Crippen LogP contribution is -2.34. The van der Waals surface area contributed by atoms with Gasteiger partial charge in [0.05, 0.1) is 34.0 Å². The summed E-state index contributed by atoms with van der Waals surface area (Å²) in [7, 11) is 0. The normalized spacial score (nSPS) is 17.3. The van der Waals surface area contributed by atoms with Crippen molar-refractivity contribution >= 4 is 46.1 Å². The van der Waals surface area contributed by atoms with Crippen LogP contribution in [0.1, 0.15) is 31.0 Å². The van der Waals surface area contributed by atoms with E-state index >= 15 is 0 Å². The van der Waals surface area contributed by atoms with E-state index in [0.29, 0.717) is 22.4 Å². The summed E-state index contributed by atoms with van der Waals surface area (Å²) < 4.78 is 24.9. The molecular weight excluding hydrogens is 474 g/mol. The maximum atomic E-state index is 13.9. The van der Waals surface area contributed by atoms with E-state index in [2.05, 4.69) is 4.99 Å². The summed E-state index contributed by atoms with van der Waals surface area (Å²) in [6, 6.07) is 9.21. The number of allylic oxidation sites excluding steroid dienone is 1. The minimum atomic E-state index is -0.511. The van der Waals surface area contributed by atoms with E-state index in [4.69, 9.17) is 32.7 Å². The van der Waals surface area contributed by atoms with Crippen LogP contribution in [-0.2, 0) is 16.1 Å². The van der Waals surface area contributed by atoms with Crippen molar-refractivity contribution in [2.45, 2.75) is 26.5 Å². The smallest absolute Gasteiger partial charge is 0.338 e. The number of rotatable bonds is 6. The minimum Gasteiger partial charge on any atom is -0.486 e. The molecule has 1 atom stereocenters. The van der Waals surface area contributed by atoms with Gasteiger partial charge >= 0.3 is 5.97 Å². The first kappa shape index (κ1) is 22.7. The molecule has 0 aromatic heterocycles. The van der Waals surface area contributed by atoms with Crippen molar-refractivity contribution in [1.82, 2.24) is 4.90 Å². The second-order valence-corrected chi connectivity index (χ2v) is 8.71. The third kappa shape index (κ3) is 4.37. The topological polar surface area (TPSA) is 51.1 Å². The number of halogens is 3. The van der Waals surface area contributed by atoms with Crippen LogP contribution in [0.2, 0.25) is 10.0 Å². The van der Waals surface area contributed by atoms with Crippen LogP contribution in [0, 0.1) is 5.82 Å². The molecule has 0 radical (unpaired) electrons. The first-order valence-corrected chi connectivity index (χ1v) is 11.5. The molecule has 0 N–H and O–H groups in total. The number of ether oxygens (including phenoxy) is 2. The molecule has 0 amide bonds. The monoisotopic (exact) mass is 492 g/mol. The van der Waals surface area contributed by atoms with E-state index in [-0.39, 0.29) is 34.8 Å². The zero-order valence-corrected chi connectivity index (χ0v) is 19.6. The zero-order valence-electron chi connectivity index (χ0n) is 17.3. The van der Waals surface area contributed by atoms with Crippen molar-refractivity contribution in [3.63, 3.8) is 0 Å². The van der Waals surface area contributed by atoms with E-state index < -0.39 is 12.0 Å². The number of thioether (sulfide) groups is 1. The largest absolute Gasteiger partial charge is 0.486 e. The van der Waals surface area contributed by atoms with E-state index in [1.165, 1.54) is 17.8 Å². The highest BCUT2D eigenvalue weighted by Gasteiger charge is 2.38. The number of benzene rings is 2. The Labute approximate surface area is 199 Å². The fourth-order valence-electron chi connectivity index (χ4n) is 3.54. The van der Waals surface area contributed by atoms with Crippen LogP contribution in [-0.4, -0.2) is 22.6 Å². The molecule has 5 nitrogen and oxygen atoms in total. The van der Waals surface area contributed by atoms with Gasteiger partial charge in [-0.1, -0.05) is 53.2 Å². The maximum Gasteiger partial charge on any atom is 0.338 e. The summed E-state index contributed by atoms with van der Waals surface area (Å²) >= 11 is 14.5.